The maximum absolute atomic E-state index is 5.28. The number of hydrogen-bond donors (Lipinski definition) is 1. The molecule has 3 nitrogen and oxygen atoms in total. The summed E-state index contributed by atoms with van der Waals surface area (Å²) in [6.07, 6.45) is 5.57. The van der Waals surface area contributed by atoms with E-state index < -0.39 is 0 Å². The Balaban J connectivity index is 1.83. The van der Waals surface area contributed by atoms with Crippen LogP contribution in [0.2, 0.25) is 0 Å². The van der Waals surface area contributed by atoms with Gasteiger partial charge in [-0.2, -0.15) is 0 Å². The minimum atomic E-state index is 0.834. The first-order valence-corrected chi connectivity index (χ1v) is 7.41. The van der Waals surface area contributed by atoms with Gasteiger partial charge in [-0.25, -0.2) is 0 Å². The Morgan fingerprint density at radius 2 is 2.11 bits per heavy atom. The van der Waals surface area contributed by atoms with Crippen molar-refractivity contribution in [3.63, 3.8) is 0 Å². The number of nitrogens with zero attached hydrogens (tertiary/aromatic N) is 1. The van der Waals surface area contributed by atoms with Crippen LogP contribution in [0.15, 0.2) is 12.1 Å². The molecule has 3 heteroatoms. The molecular formula is C16H26N2O. The third kappa shape index (κ3) is 4.20. The Kier molecular flexibility index (Phi) is 5.20. The summed E-state index contributed by atoms with van der Waals surface area (Å²) in [4.78, 5) is 4.54. The molecule has 19 heavy (non-hydrogen) atoms. The van der Waals surface area contributed by atoms with Gasteiger partial charge >= 0.3 is 0 Å². The van der Waals surface area contributed by atoms with Crippen LogP contribution in [0.3, 0.4) is 0 Å². The summed E-state index contributed by atoms with van der Waals surface area (Å²) < 4.78 is 5.28. The summed E-state index contributed by atoms with van der Waals surface area (Å²) in [5.74, 6) is 2.59. The molecular weight excluding hydrogens is 236 g/mol. The van der Waals surface area contributed by atoms with Crippen LogP contribution in [0.5, 0.6) is 5.75 Å². The van der Waals surface area contributed by atoms with Gasteiger partial charge in [-0.1, -0.05) is 26.2 Å². The van der Waals surface area contributed by atoms with E-state index in [1.807, 2.05) is 19.1 Å². The minimum absolute atomic E-state index is 0.834. The Labute approximate surface area is 116 Å². The molecule has 1 N–H and O–H groups in total. The fraction of sp³-hybridized carbons (Fsp3) is 0.688. The first-order valence-electron chi connectivity index (χ1n) is 7.41. The van der Waals surface area contributed by atoms with Crippen molar-refractivity contribution in [1.29, 1.82) is 0 Å². The van der Waals surface area contributed by atoms with Crippen molar-refractivity contribution in [3.05, 3.63) is 23.5 Å². The predicted octanol–water partition coefficient (Wildman–Crippen LogP) is 3.31. The molecule has 106 valence electrons. The van der Waals surface area contributed by atoms with E-state index in [2.05, 4.69) is 17.2 Å². The summed E-state index contributed by atoms with van der Waals surface area (Å²) in [6, 6.07) is 3.98. The highest BCUT2D eigenvalue weighted by atomic mass is 16.5. The van der Waals surface area contributed by atoms with Crippen molar-refractivity contribution in [2.24, 2.45) is 11.8 Å². The van der Waals surface area contributed by atoms with E-state index in [1.165, 1.54) is 25.7 Å². The molecule has 2 unspecified atom stereocenters. The van der Waals surface area contributed by atoms with Crippen molar-refractivity contribution in [2.75, 3.05) is 13.7 Å². The van der Waals surface area contributed by atoms with Gasteiger partial charge in [0.25, 0.3) is 0 Å². The van der Waals surface area contributed by atoms with Crippen molar-refractivity contribution in [1.82, 2.24) is 10.3 Å². The molecule has 1 aromatic heterocycles. The fourth-order valence-corrected chi connectivity index (χ4v) is 2.99. The summed E-state index contributed by atoms with van der Waals surface area (Å²) in [5.41, 5.74) is 2.09. The van der Waals surface area contributed by atoms with Crippen LogP contribution >= 0.6 is 0 Å². The Bertz CT molecular complexity index is 406. The standard InChI is InChI=1S/C16H26N2O/c1-12-6-4-5-7-14(12)10-17-11-15-9-16(19-3)8-13(2)18-15/h8-9,12,14,17H,4-7,10-11H2,1-3H3. The van der Waals surface area contributed by atoms with Gasteiger partial charge in [0, 0.05) is 24.4 Å². The van der Waals surface area contributed by atoms with Crippen LogP contribution in [0, 0.1) is 18.8 Å². The molecule has 0 aromatic carbocycles. The topological polar surface area (TPSA) is 34.1 Å². The number of nitrogens with one attached hydrogen (secondary N) is 1. The molecule has 0 spiro atoms. The average Bonchev–Trinajstić information content (AvgIpc) is 2.40. The van der Waals surface area contributed by atoms with Crippen molar-refractivity contribution in [2.45, 2.75) is 46.1 Å². The zero-order chi connectivity index (χ0) is 13.7. The van der Waals surface area contributed by atoms with Crippen LogP contribution < -0.4 is 10.1 Å². The Hall–Kier alpha value is -1.09. The molecule has 0 radical (unpaired) electrons. The molecule has 0 bridgehead atoms. The highest BCUT2D eigenvalue weighted by molar-refractivity contribution is 5.26. The van der Waals surface area contributed by atoms with Gasteiger partial charge < -0.3 is 10.1 Å². The molecule has 1 fully saturated rings. The highest BCUT2D eigenvalue weighted by Gasteiger charge is 2.20. The van der Waals surface area contributed by atoms with Crippen molar-refractivity contribution in [3.8, 4) is 5.75 Å². The highest BCUT2D eigenvalue weighted by Crippen LogP contribution is 2.28. The van der Waals surface area contributed by atoms with Gasteiger partial charge in [-0.3, -0.25) is 4.98 Å². The van der Waals surface area contributed by atoms with E-state index in [1.54, 1.807) is 7.11 Å². The molecule has 1 aromatic rings. The van der Waals surface area contributed by atoms with E-state index in [0.29, 0.717) is 0 Å². The molecule has 1 aliphatic rings. The number of rotatable bonds is 5. The number of hydrogen-bond acceptors (Lipinski definition) is 3. The molecule has 2 rings (SSSR count). The van der Waals surface area contributed by atoms with Crippen molar-refractivity contribution < 1.29 is 4.74 Å². The maximum atomic E-state index is 5.28. The summed E-state index contributed by atoms with van der Waals surface area (Å²) in [6.45, 7) is 6.34. The molecule has 0 amide bonds. The number of pyridine rings is 1. The quantitative estimate of drug-likeness (QED) is 0.884. The molecule has 1 aliphatic carbocycles. The number of ether oxygens (including phenoxy) is 1. The van der Waals surface area contributed by atoms with E-state index >= 15 is 0 Å². The molecule has 0 aliphatic heterocycles. The van der Waals surface area contributed by atoms with E-state index in [0.717, 1.165) is 42.1 Å². The van der Waals surface area contributed by atoms with E-state index in [-0.39, 0.29) is 0 Å². The van der Waals surface area contributed by atoms with Gasteiger partial charge in [0.15, 0.2) is 0 Å². The van der Waals surface area contributed by atoms with E-state index in [4.69, 9.17) is 4.74 Å². The monoisotopic (exact) mass is 262 g/mol. The Morgan fingerprint density at radius 1 is 1.32 bits per heavy atom. The predicted molar refractivity (Wildman–Crippen MR) is 78.4 cm³/mol. The number of methoxy groups -OCH3 is 1. The summed E-state index contributed by atoms with van der Waals surface area (Å²) >= 11 is 0. The third-order valence-electron chi connectivity index (χ3n) is 4.22. The zero-order valence-corrected chi connectivity index (χ0v) is 12.4. The number of aryl methyl sites for hydroxylation is 1. The van der Waals surface area contributed by atoms with Gasteiger partial charge in [-0.15, -0.1) is 0 Å². The second kappa shape index (κ2) is 6.90. The molecule has 1 saturated carbocycles. The summed E-state index contributed by atoms with van der Waals surface area (Å²) in [7, 11) is 1.70. The second-order valence-corrected chi connectivity index (χ2v) is 5.79. The normalized spacial score (nSPS) is 23.3. The van der Waals surface area contributed by atoms with Crippen LogP contribution in [-0.2, 0) is 6.54 Å². The van der Waals surface area contributed by atoms with Crippen LogP contribution in [-0.4, -0.2) is 18.6 Å². The van der Waals surface area contributed by atoms with Crippen LogP contribution in [0.4, 0.5) is 0 Å². The Morgan fingerprint density at radius 3 is 2.84 bits per heavy atom. The van der Waals surface area contributed by atoms with Crippen molar-refractivity contribution >= 4 is 0 Å². The number of aromatic nitrogens is 1. The van der Waals surface area contributed by atoms with Gasteiger partial charge in [0.05, 0.1) is 12.8 Å². The smallest absolute Gasteiger partial charge is 0.122 e. The zero-order valence-electron chi connectivity index (χ0n) is 12.4. The lowest BCUT2D eigenvalue weighted by Crippen LogP contribution is -2.29. The molecule has 0 saturated heterocycles. The lowest BCUT2D eigenvalue weighted by atomic mass is 9.80. The lowest BCUT2D eigenvalue weighted by Gasteiger charge is -2.28. The minimum Gasteiger partial charge on any atom is -0.497 e. The SMILES string of the molecule is COc1cc(C)nc(CNCC2CCCCC2C)c1. The summed E-state index contributed by atoms with van der Waals surface area (Å²) in [5, 5.41) is 3.56. The third-order valence-corrected chi connectivity index (χ3v) is 4.22. The lowest BCUT2D eigenvalue weighted by molar-refractivity contribution is 0.247. The molecule has 2 atom stereocenters. The largest absolute Gasteiger partial charge is 0.497 e. The average molecular weight is 262 g/mol. The van der Waals surface area contributed by atoms with E-state index in [9.17, 15) is 0 Å². The van der Waals surface area contributed by atoms with Gasteiger partial charge in [-0.05, 0) is 31.7 Å². The first kappa shape index (κ1) is 14.3. The maximum Gasteiger partial charge on any atom is 0.122 e. The second-order valence-electron chi connectivity index (χ2n) is 5.79. The van der Waals surface area contributed by atoms with Gasteiger partial charge in [0.2, 0.25) is 0 Å². The fourth-order valence-electron chi connectivity index (χ4n) is 2.99. The van der Waals surface area contributed by atoms with Crippen LogP contribution in [0.1, 0.15) is 44.0 Å². The van der Waals surface area contributed by atoms with Gasteiger partial charge in [0.1, 0.15) is 5.75 Å². The first-order chi connectivity index (χ1) is 9.19. The van der Waals surface area contributed by atoms with Crippen LogP contribution in [0.25, 0.3) is 0 Å². The molecule has 1 heterocycles.